The van der Waals surface area contributed by atoms with Crippen molar-refractivity contribution in [3.05, 3.63) is 12.2 Å². The Morgan fingerprint density at radius 2 is 0.600 bits per heavy atom. The molecule has 0 saturated heterocycles. The van der Waals surface area contributed by atoms with Crippen molar-refractivity contribution in [3.8, 4) is 0 Å². The van der Waals surface area contributed by atoms with Crippen molar-refractivity contribution in [2.45, 2.75) is 201 Å². The average molecular weight is 575 g/mol. The van der Waals surface area contributed by atoms with E-state index in [-0.39, 0.29) is 6.10 Å². The van der Waals surface area contributed by atoms with Crippen LogP contribution in [0, 0.1) is 0 Å². The van der Waals surface area contributed by atoms with Gasteiger partial charge in [0.25, 0.3) is 0 Å². The molecule has 4 heteroatoms. The average Bonchev–Trinajstić information content (AvgIpc) is 2.94. The molecule has 4 nitrogen and oxygen atoms in total. The highest BCUT2D eigenvalue weighted by Crippen LogP contribution is 2.11. The van der Waals surface area contributed by atoms with Gasteiger partial charge in [-0.15, -0.1) is 0 Å². The third kappa shape index (κ3) is 71.2. The Kier molecular flexibility index (Phi) is 59.7. The SMILES string of the molecule is CC(C)O.CCCCCCCCC=CCCCCCCCCO.CCCCCCCCCCCCO.CCCO. The van der Waals surface area contributed by atoms with E-state index in [0.29, 0.717) is 19.8 Å². The number of allylic oxidation sites excluding steroid dienone is 2. The molecular weight excluding hydrogens is 496 g/mol. The Morgan fingerprint density at radius 3 is 0.825 bits per heavy atom. The van der Waals surface area contributed by atoms with Crippen LogP contribution in [-0.2, 0) is 0 Å². The lowest BCUT2D eigenvalue weighted by Gasteiger charge is -2.00. The Morgan fingerprint density at radius 1 is 0.375 bits per heavy atom. The van der Waals surface area contributed by atoms with Gasteiger partial charge in [-0.3, -0.25) is 0 Å². The zero-order valence-corrected chi connectivity index (χ0v) is 28.3. The van der Waals surface area contributed by atoms with Crippen LogP contribution in [0.25, 0.3) is 0 Å². The number of rotatable bonds is 26. The second kappa shape index (κ2) is 51.3. The summed E-state index contributed by atoms with van der Waals surface area (Å²) in [5.41, 5.74) is 0. The van der Waals surface area contributed by atoms with Gasteiger partial charge in [0.15, 0.2) is 0 Å². The molecule has 0 heterocycles. The van der Waals surface area contributed by atoms with Gasteiger partial charge in [-0.1, -0.05) is 148 Å². The van der Waals surface area contributed by atoms with Crippen molar-refractivity contribution in [1.29, 1.82) is 0 Å². The van der Waals surface area contributed by atoms with Gasteiger partial charge in [-0.25, -0.2) is 0 Å². The first-order valence-electron chi connectivity index (χ1n) is 17.6. The molecular formula is C36H78O4. The number of aliphatic hydroxyl groups is 4. The first-order chi connectivity index (χ1) is 19.5. The predicted molar refractivity (Wildman–Crippen MR) is 180 cm³/mol. The van der Waals surface area contributed by atoms with Crippen LogP contribution in [-0.4, -0.2) is 46.4 Å². The van der Waals surface area contributed by atoms with Crippen molar-refractivity contribution < 1.29 is 20.4 Å². The van der Waals surface area contributed by atoms with E-state index in [4.69, 9.17) is 20.4 Å². The van der Waals surface area contributed by atoms with Crippen molar-refractivity contribution >= 4 is 0 Å². The third-order valence-electron chi connectivity index (χ3n) is 6.41. The number of aliphatic hydroxyl groups excluding tert-OH is 4. The zero-order valence-electron chi connectivity index (χ0n) is 28.3. The standard InChI is InChI=1S/C18H36O.C12H26O.2C3H8O/c1-2-3-4-5-6-7-8-9-10-11-12-13-14-15-16-17-18-19;1-2-3-4-5-6-7-8-9-10-11-12-13;1-3(2)4;1-2-3-4/h9-10,19H,2-8,11-18H2,1H3;13H,2-12H2,1H3;3-4H,1-2H3;4H,2-3H2,1H3. The van der Waals surface area contributed by atoms with Gasteiger partial charge in [0.1, 0.15) is 0 Å². The Bertz CT molecular complexity index is 370. The fourth-order valence-corrected chi connectivity index (χ4v) is 3.96. The summed E-state index contributed by atoms with van der Waals surface area (Å²) in [4.78, 5) is 0. The number of unbranched alkanes of at least 4 members (excludes halogenated alkanes) is 21. The van der Waals surface area contributed by atoms with E-state index in [9.17, 15) is 0 Å². The van der Waals surface area contributed by atoms with E-state index >= 15 is 0 Å². The summed E-state index contributed by atoms with van der Waals surface area (Å²) < 4.78 is 0. The Hall–Kier alpha value is -0.420. The summed E-state index contributed by atoms with van der Waals surface area (Å²) in [5.74, 6) is 0. The highest BCUT2D eigenvalue weighted by Gasteiger charge is 1.92. The van der Waals surface area contributed by atoms with Gasteiger partial charge in [0.05, 0.1) is 0 Å². The topological polar surface area (TPSA) is 80.9 Å². The number of hydrogen-bond donors (Lipinski definition) is 4. The van der Waals surface area contributed by atoms with Crippen LogP contribution in [0.5, 0.6) is 0 Å². The lowest BCUT2D eigenvalue weighted by molar-refractivity contribution is 0.216. The van der Waals surface area contributed by atoms with E-state index in [1.807, 2.05) is 6.92 Å². The minimum atomic E-state index is -0.167. The van der Waals surface area contributed by atoms with Crippen molar-refractivity contribution in [2.75, 3.05) is 19.8 Å². The summed E-state index contributed by atoms with van der Waals surface area (Å²) in [6.07, 6.45) is 37.2. The molecule has 4 N–H and O–H groups in total. The molecule has 0 spiro atoms. The van der Waals surface area contributed by atoms with Gasteiger partial charge in [-0.2, -0.15) is 0 Å². The molecule has 0 aromatic rings. The van der Waals surface area contributed by atoms with Gasteiger partial charge in [-0.05, 0) is 58.8 Å². The van der Waals surface area contributed by atoms with Gasteiger partial charge in [0.2, 0.25) is 0 Å². The summed E-state index contributed by atoms with van der Waals surface area (Å²) in [7, 11) is 0. The number of hydrogen-bond acceptors (Lipinski definition) is 4. The zero-order chi connectivity index (χ0) is 30.8. The normalized spacial score (nSPS) is 10.6. The maximum atomic E-state index is 8.66. The van der Waals surface area contributed by atoms with E-state index < -0.39 is 0 Å². The van der Waals surface area contributed by atoms with E-state index in [2.05, 4.69) is 26.0 Å². The van der Waals surface area contributed by atoms with Crippen LogP contribution < -0.4 is 0 Å². The summed E-state index contributed by atoms with van der Waals surface area (Å²) >= 11 is 0. The molecule has 0 saturated carbocycles. The van der Waals surface area contributed by atoms with Gasteiger partial charge >= 0.3 is 0 Å². The fourth-order valence-electron chi connectivity index (χ4n) is 3.96. The maximum absolute atomic E-state index is 8.66. The van der Waals surface area contributed by atoms with Crippen LogP contribution >= 0.6 is 0 Å². The molecule has 0 fully saturated rings. The van der Waals surface area contributed by atoms with Crippen molar-refractivity contribution in [1.82, 2.24) is 0 Å². The minimum Gasteiger partial charge on any atom is -0.396 e. The lowest BCUT2D eigenvalue weighted by Crippen LogP contribution is -1.85. The molecule has 0 aliphatic rings. The summed E-state index contributed by atoms with van der Waals surface area (Å²) in [6.45, 7) is 11.0. The smallest absolute Gasteiger partial charge is 0.0483 e. The molecule has 0 unspecified atom stereocenters. The van der Waals surface area contributed by atoms with Crippen molar-refractivity contribution in [2.24, 2.45) is 0 Å². The molecule has 0 aromatic carbocycles. The molecule has 0 aromatic heterocycles. The monoisotopic (exact) mass is 575 g/mol. The molecule has 0 aliphatic heterocycles. The molecule has 0 radical (unpaired) electrons. The lowest BCUT2D eigenvalue weighted by atomic mass is 10.1. The highest BCUT2D eigenvalue weighted by molar-refractivity contribution is 4.81. The minimum absolute atomic E-state index is 0.167. The Labute approximate surface area is 253 Å². The highest BCUT2D eigenvalue weighted by atomic mass is 16.3. The molecule has 0 amide bonds. The first-order valence-corrected chi connectivity index (χ1v) is 17.6. The second-order valence-corrected chi connectivity index (χ2v) is 11.4. The maximum Gasteiger partial charge on any atom is 0.0483 e. The molecule has 0 atom stereocenters. The Balaban J connectivity index is -0.000000264. The van der Waals surface area contributed by atoms with Gasteiger partial charge < -0.3 is 20.4 Å². The molecule has 0 aliphatic carbocycles. The van der Waals surface area contributed by atoms with Crippen LogP contribution in [0.2, 0.25) is 0 Å². The van der Waals surface area contributed by atoms with Crippen LogP contribution in [0.4, 0.5) is 0 Å². The van der Waals surface area contributed by atoms with E-state index in [0.717, 1.165) is 19.3 Å². The summed E-state index contributed by atoms with van der Waals surface area (Å²) in [5, 5.41) is 33.2. The molecule has 246 valence electrons. The fraction of sp³-hybridized carbons (Fsp3) is 0.944. The van der Waals surface area contributed by atoms with E-state index in [1.54, 1.807) is 13.8 Å². The molecule has 0 rings (SSSR count). The van der Waals surface area contributed by atoms with E-state index in [1.165, 1.54) is 141 Å². The molecule has 0 bridgehead atoms. The predicted octanol–water partition coefficient (Wildman–Crippen LogP) is 10.7. The first kappa shape index (κ1) is 46.5. The second-order valence-electron chi connectivity index (χ2n) is 11.4. The van der Waals surface area contributed by atoms with Crippen LogP contribution in [0.15, 0.2) is 12.2 Å². The quantitative estimate of drug-likeness (QED) is 0.0612. The largest absolute Gasteiger partial charge is 0.396 e. The van der Waals surface area contributed by atoms with Crippen LogP contribution in [0.3, 0.4) is 0 Å². The summed E-state index contributed by atoms with van der Waals surface area (Å²) in [6, 6.07) is 0. The van der Waals surface area contributed by atoms with Crippen molar-refractivity contribution in [3.63, 3.8) is 0 Å². The third-order valence-corrected chi connectivity index (χ3v) is 6.41. The molecule has 40 heavy (non-hydrogen) atoms. The van der Waals surface area contributed by atoms with Crippen LogP contribution in [0.1, 0.15) is 195 Å². The van der Waals surface area contributed by atoms with Gasteiger partial charge in [0, 0.05) is 25.9 Å².